The van der Waals surface area contributed by atoms with E-state index < -0.39 is 6.04 Å². The minimum Gasteiger partial charge on any atom is -0.352 e. The maximum absolute atomic E-state index is 13.7. The summed E-state index contributed by atoms with van der Waals surface area (Å²) in [6.07, 6.45) is 4.81. The van der Waals surface area contributed by atoms with Gasteiger partial charge in [-0.05, 0) is 53.8 Å². The smallest absolute Gasteiger partial charge is 0.243 e. The van der Waals surface area contributed by atoms with Gasteiger partial charge < -0.3 is 10.2 Å². The molecule has 1 fully saturated rings. The number of amides is 2. The van der Waals surface area contributed by atoms with E-state index in [1.807, 2.05) is 54.6 Å². The van der Waals surface area contributed by atoms with Crippen molar-refractivity contribution in [2.75, 3.05) is 0 Å². The average Bonchev–Trinajstić information content (AvgIpc) is 3.36. The summed E-state index contributed by atoms with van der Waals surface area (Å²) in [6.45, 7) is 0.312. The third-order valence-electron chi connectivity index (χ3n) is 6.48. The summed E-state index contributed by atoms with van der Waals surface area (Å²) >= 11 is 12.3. The van der Waals surface area contributed by atoms with Gasteiger partial charge in [-0.2, -0.15) is 0 Å². The van der Waals surface area contributed by atoms with Crippen LogP contribution in [0, 0.1) is 0 Å². The highest BCUT2D eigenvalue weighted by Crippen LogP contribution is 2.21. The summed E-state index contributed by atoms with van der Waals surface area (Å²) in [5.41, 5.74) is 2.74. The molecule has 0 heterocycles. The number of carbonyl (C=O) groups excluding carboxylic acids is 2. The van der Waals surface area contributed by atoms with E-state index in [0.29, 0.717) is 23.0 Å². The van der Waals surface area contributed by atoms with Gasteiger partial charge in [-0.1, -0.05) is 90.6 Å². The van der Waals surface area contributed by atoms with Crippen molar-refractivity contribution in [3.05, 3.63) is 106 Å². The van der Waals surface area contributed by atoms with Gasteiger partial charge in [-0.15, -0.1) is 0 Å². The Hall–Kier alpha value is -2.82. The number of hydrogen-bond donors (Lipinski definition) is 1. The first-order valence-corrected chi connectivity index (χ1v) is 12.9. The maximum atomic E-state index is 13.7. The van der Waals surface area contributed by atoms with Crippen molar-refractivity contribution in [1.29, 1.82) is 0 Å². The second-order valence-corrected chi connectivity index (χ2v) is 10.0. The standard InChI is InChI=1S/C29H30Cl2N2O2/c30-24-15-13-22(14-16-24)20-33(28(34)19-23-9-6-10-25(31)17-23)27(18-21-7-2-1-3-8-21)29(35)32-26-11-4-5-12-26/h1-3,6-10,13-17,26-27H,4-5,11-12,18-20H2,(H,32,35). The van der Waals surface area contributed by atoms with Crippen LogP contribution in [-0.2, 0) is 29.0 Å². The van der Waals surface area contributed by atoms with Crippen LogP contribution in [0.2, 0.25) is 10.0 Å². The van der Waals surface area contributed by atoms with E-state index in [-0.39, 0.29) is 24.3 Å². The molecule has 0 radical (unpaired) electrons. The second-order valence-electron chi connectivity index (χ2n) is 9.15. The number of benzene rings is 3. The van der Waals surface area contributed by atoms with Gasteiger partial charge in [-0.25, -0.2) is 0 Å². The lowest BCUT2D eigenvalue weighted by atomic mass is 10.0. The summed E-state index contributed by atoms with van der Waals surface area (Å²) in [5.74, 6) is -0.223. The minimum atomic E-state index is -0.639. The quantitative estimate of drug-likeness (QED) is 0.372. The molecule has 182 valence electrons. The molecule has 0 spiro atoms. The fourth-order valence-electron chi connectivity index (χ4n) is 4.63. The van der Waals surface area contributed by atoms with Gasteiger partial charge in [0.15, 0.2) is 0 Å². The molecule has 3 aromatic rings. The molecule has 0 saturated heterocycles. The van der Waals surface area contributed by atoms with E-state index in [0.717, 1.165) is 42.4 Å². The summed E-state index contributed by atoms with van der Waals surface area (Å²) in [6, 6.07) is 24.1. The zero-order valence-electron chi connectivity index (χ0n) is 19.6. The van der Waals surface area contributed by atoms with Crippen molar-refractivity contribution in [1.82, 2.24) is 10.2 Å². The molecule has 3 aromatic carbocycles. The Bertz CT molecular complexity index is 1130. The summed E-state index contributed by atoms with van der Waals surface area (Å²) in [4.78, 5) is 29.1. The number of halogens is 2. The van der Waals surface area contributed by atoms with E-state index in [9.17, 15) is 9.59 Å². The van der Waals surface area contributed by atoms with Crippen LogP contribution < -0.4 is 5.32 Å². The van der Waals surface area contributed by atoms with Gasteiger partial charge in [0.2, 0.25) is 11.8 Å². The fraction of sp³-hybridized carbons (Fsp3) is 0.310. The topological polar surface area (TPSA) is 49.4 Å². The molecule has 1 atom stereocenters. The Morgan fingerprint density at radius 3 is 2.20 bits per heavy atom. The zero-order valence-corrected chi connectivity index (χ0v) is 21.1. The van der Waals surface area contributed by atoms with Crippen LogP contribution in [0.25, 0.3) is 0 Å². The molecule has 1 N–H and O–H groups in total. The number of hydrogen-bond acceptors (Lipinski definition) is 2. The second kappa shape index (κ2) is 12.2. The Morgan fingerprint density at radius 1 is 0.829 bits per heavy atom. The van der Waals surface area contributed by atoms with Crippen LogP contribution in [0.4, 0.5) is 0 Å². The molecular weight excluding hydrogens is 479 g/mol. The van der Waals surface area contributed by atoms with Crippen molar-refractivity contribution < 1.29 is 9.59 Å². The molecule has 35 heavy (non-hydrogen) atoms. The molecule has 0 aliphatic heterocycles. The van der Waals surface area contributed by atoms with E-state index in [1.54, 1.807) is 29.2 Å². The highest BCUT2D eigenvalue weighted by Gasteiger charge is 2.32. The lowest BCUT2D eigenvalue weighted by Crippen LogP contribution is -2.52. The lowest BCUT2D eigenvalue weighted by molar-refractivity contribution is -0.141. The third-order valence-corrected chi connectivity index (χ3v) is 6.97. The predicted molar refractivity (Wildman–Crippen MR) is 141 cm³/mol. The molecule has 1 aliphatic rings. The predicted octanol–water partition coefficient (Wildman–Crippen LogP) is 6.23. The number of rotatable bonds is 9. The Labute approximate surface area is 217 Å². The van der Waals surface area contributed by atoms with Gasteiger partial charge in [-0.3, -0.25) is 9.59 Å². The molecule has 1 aliphatic carbocycles. The summed E-state index contributed by atoms with van der Waals surface area (Å²) in [7, 11) is 0. The first-order chi connectivity index (χ1) is 17.0. The number of carbonyl (C=O) groups is 2. The highest BCUT2D eigenvalue weighted by atomic mass is 35.5. The van der Waals surface area contributed by atoms with Crippen LogP contribution in [0.3, 0.4) is 0 Å². The van der Waals surface area contributed by atoms with Crippen LogP contribution in [-0.4, -0.2) is 28.8 Å². The molecule has 0 bridgehead atoms. The number of nitrogens with zero attached hydrogens (tertiary/aromatic N) is 1. The highest BCUT2D eigenvalue weighted by molar-refractivity contribution is 6.30. The SMILES string of the molecule is O=C(NC1CCCC1)C(Cc1ccccc1)N(Cc1ccc(Cl)cc1)C(=O)Cc1cccc(Cl)c1. The molecule has 1 unspecified atom stereocenters. The third kappa shape index (κ3) is 7.33. The molecular formula is C29H30Cl2N2O2. The number of nitrogens with one attached hydrogen (secondary N) is 1. The zero-order chi connectivity index (χ0) is 24.6. The summed E-state index contributed by atoms with van der Waals surface area (Å²) in [5, 5.41) is 4.44. The average molecular weight is 509 g/mol. The van der Waals surface area contributed by atoms with E-state index in [4.69, 9.17) is 23.2 Å². The lowest BCUT2D eigenvalue weighted by Gasteiger charge is -2.32. The molecule has 1 saturated carbocycles. The van der Waals surface area contributed by atoms with Crippen molar-refractivity contribution in [3.8, 4) is 0 Å². The minimum absolute atomic E-state index is 0.103. The summed E-state index contributed by atoms with van der Waals surface area (Å²) < 4.78 is 0. The van der Waals surface area contributed by atoms with Gasteiger partial charge in [0.25, 0.3) is 0 Å². The maximum Gasteiger partial charge on any atom is 0.243 e. The molecule has 6 heteroatoms. The van der Waals surface area contributed by atoms with Crippen LogP contribution >= 0.6 is 23.2 Å². The Balaban J connectivity index is 1.65. The van der Waals surface area contributed by atoms with E-state index in [1.165, 1.54) is 0 Å². The molecule has 0 aromatic heterocycles. The van der Waals surface area contributed by atoms with E-state index >= 15 is 0 Å². The first kappa shape index (κ1) is 25.3. The van der Waals surface area contributed by atoms with Gasteiger partial charge in [0, 0.05) is 29.1 Å². The molecule has 4 rings (SSSR count). The van der Waals surface area contributed by atoms with Crippen molar-refractivity contribution in [2.24, 2.45) is 0 Å². The van der Waals surface area contributed by atoms with Crippen molar-refractivity contribution in [3.63, 3.8) is 0 Å². The normalized spacial score (nSPS) is 14.5. The van der Waals surface area contributed by atoms with Crippen molar-refractivity contribution >= 4 is 35.0 Å². The Kier molecular flexibility index (Phi) is 8.84. The molecule has 2 amide bonds. The fourth-order valence-corrected chi connectivity index (χ4v) is 4.97. The van der Waals surface area contributed by atoms with Gasteiger partial charge in [0.05, 0.1) is 6.42 Å². The van der Waals surface area contributed by atoms with Gasteiger partial charge in [0.1, 0.15) is 6.04 Å². The van der Waals surface area contributed by atoms with Crippen LogP contribution in [0.15, 0.2) is 78.9 Å². The monoisotopic (exact) mass is 508 g/mol. The van der Waals surface area contributed by atoms with E-state index in [2.05, 4.69) is 5.32 Å². The van der Waals surface area contributed by atoms with Crippen LogP contribution in [0.1, 0.15) is 42.4 Å². The first-order valence-electron chi connectivity index (χ1n) is 12.1. The molecule has 4 nitrogen and oxygen atoms in total. The van der Waals surface area contributed by atoms with Crippen molar-refractivity contribution in [2.45, 2.75) is 57.2 Å². The largest absolute Gasteiger partial charge is 0.352 e. The van der Waals surface area contributed by atoms with Gasteiger partial charge >= 0.3 is 0 Å². The van der Waals surface area contributed by atoms with Crippen LogP contribution in [0.5, 0.6) is 0 Å². The Morgan fingerprint density at radius 2 is 1.51 bits per heavy atom.